The van der Waals surface area contributed by atoms with Crippen molar-refractivity contribution >= 4 is 28.4 Å². The summed E-state index contributed by atoms with van der Waals surface area (Å²) in [7, 11) is 2.99. The number of benzene rings is 2. The van der Waals surface area contributed by atoms with E-state index in [-0.39, 0.29) is 12.1 Å². The zero-order chi connectivity index (χ0) is 20.1. The standard InChI is InChI=1S/C20H19N3O5/c1-27-12-7-8-17(28-2)16(9-12)23-18(24)11-22-20(26)14-10-21-15-6-4-3-5-13(15)19(14)25/h3-10H,11H2,1-2H3,(H,21,25)(H,22,26)(H,23,24). The molecule has 28 heavy (non-hydrogen) atoms. The van der Waals surface area contributed by atoms with Gasteiger partial charge in [-0.3, -0.25) is 14.4 Å². The lowest BCUT2D eigenvalue weighted by atomic mass is 10.1. The summed E-state index contributed by atoms with van der Waals surface area (Å²) < 4.78 is 10.3. The van der Waals surface area contributed by atoms with Crippen molar-refractivity contribution in [1.29, 1.82) is 0 Å². The number of aromatic nitrogens is 1. The summed E-state index contributed by atoms with van der Waals surface area (Å²) in [6.45, 7) is -0.314. The van der Waals surface area contributed by atoms with E-state index in [2.05, 4.69) is 15.6 Å². The summed E-state index contributed by atoms with van der Waals surface area (Å²) in [5.74, 6) is -0.119. The van der Waals surface area contributed by atoms with Crippen LogP contribution in [0.15, 0.2) is 53.5 Å². The smallest absolute Gasteiger partial charge is 0.257 e. The Kier molecular flexibility index (Phi) is 5.59. The van der Waals surface area contributed by atoms with E-state index in [4.69, 9.17) is 9.47 Å². The van der Waals surface area contributed by atoms with Gasteiger partial charge in [-0.05, 0) is 24.3 Å². The van der Waals surface area contributed by atoms with E-state index in [1.807, 2.05) is 0 Å². The number of fused-ring (bicyclic) bond motifs is 1. The first kappa shape index (κ1) is 19.0. The molecule has 2 aromatic carbocycles. The molecule has 0 spiro atoms. The number of H-pyrrole nitrogens is 1. The number of pyridine rings is 1. The van der Waals surface area contributed by atoms with E-state index >= 15 is 0 Å². The molecule has 0 bridgehead atoms. The van der Waals surface area contributed by atoms with Crippen molar-refractivity contribution in [2.75, 3.05) is 26.1 Å². The summed E-state index contributed by atoms with van der Waals surface area (Å²) in [4.78, 5) is 39.9. The van der Waals surface area contributed by atoms with Crippen molar-refractivity contribution < 1.29 is 19.1 Å². The summed E-state index contributed by atoms with van der Waals surface area (Å²) in [5, 5.41) is 5.49. The highest BCUT2D eigenvalue weighted by Crippen LogP contribution is 2.28. The topological polar surface area (TPSA) is 110 Å². The SMILES string of the molecule is COc1ccc(OC)c(NC(=O)CNC(=O)c2c[nH]c3ccccc3c2=O)c1. The van der Waals surface area contributed by atoms with Crippen molar-refractivity contribution in [3.8, 4) is 11.5 Å². The number of anilines is 1. The van der Waals surface area contributed by atoms with Gasteiger partial charge in [0.25, 0.3) is 5.91 Å². The molecule has 1 aromatic heterocycles. The second-order valence-electron chi connectivity index (χ2n) is 5.87. The van der Waals surface area contributed by atoms with Crippen molar-refractivity contribution in [1.82, 2.24) is 10.3 Å². The Balaban J connectivity index is 1.69. The monoisotopic (exact) mass is 381 g/mol. The second kappa shape index (κ2) is 8.26. The minimum Gasteiger partial charge on any atom is -0.497 e. The Labute approximate surface area is 160 Å². The van der Waals surface area contributed by atoms with Crippen LogP contribution < -0.4 is 25.5 Å². The van der Waals surface area contributed by atoms with Crippen molar-refractivity contribution in [2.45, 2.75) is 0 Å². The Hall–Kier alpha value is -3.81. The molecule has 3 rings (SSSR count). The van der Waals surface area contributed by atoms with Crippen molar-refractivity contribution in [3.63, 3.8) is 0 Å². The minimum atomic E-state index is -0.639. The highest BCUT2D eigenvalue weighted by molar-refractivity contribution is 6.01. The van der Waals surface area contributed by atoms with Gasteiger partial charge in [0, 0.05) is 23.2 Å². The van der Waals surface area contributed by atoms with Crippen molar-refractivity contribution in [2.24, 2.45) is 0 Å². The van der Waals surface area contributed by atoms with Crippen LogP contribution in [0.25, 0.3) is 10.9 Å². The van der Waals surface area contributed by atoms with E-state index in [1.165, 1.54) is 20.4 Å². The predicted octanol–water partition coefficient (Wildman–Crippen LogP) is 1.91. The van der Waals surface area contributed by atoms with E-state index < -0.39 is 17.2 Å². The summed E-state index contributed by atoms with van der Waals surface area (Å²) in [6.07, 6.45) is 1.34. The van der Waals surface area contributed by atoms with Crippen LogP contribution in [0.3, 0.4) is 0 Å². The Morgan fingerprint density at radius 1 is 1.07 bits per heavy atom. The van der Waals surface area contributed by atoms with Crippen LogP contribution in [0.1, 0.15) is 10.4 Å². The van der Waals surface area contributed by atoms with Crippen LogP contribution in [0.5, 0.6) is 11.5 Å². The van der Waals surface area contributed by atoms with Gasteiger partial charge in [0.2, 0.25) is 11.3 Å². The molecule has 0 saturated carbocycles. The molecule has 0 aliphatic rings. The average Bonchev–Trinajstić information content (AvgIpc) is 2.72. The summed E-state index contributed by atoms with van der Waals surface area (Å²) in [6, 6.07) is 11.8. The number of hydrogen-bond acceptors (Lipinski definition) is 5. The molecule has 8 heteroatoms. The molecule has 0 atom stereocenters. The Bertz CT molecular complexity index is 1090. The second-order valence-corrected chi connectivity index (χ2v) is 5.87. The molecule has 3 aromatic rings. The number of carbonyl (C=O) groups excluding carboxylic acids is 2. The fraction of sp³-hybridized carbons (Fsp3) is 0.150. The van der Waals surface area contributed by atoms with Crippen LogP contribution in [0.4, 0.5) is 5.69 Å². The number of nitrogens with one attached hydrogen (secondary N) is 3. The molecule has 8 nitrogen and oxygen atoms in total. The van der Waals surface area contributed by atoms with Gasteiger partial charge < -0.3 is 25.1 Å². The number of amides is 2. The van der Waals surface area contributed by atoms with Gasteiger partial charge in [-0.1, -0.05) is 12.1 Å². The first-order valence-corrected chi connectivity index (χ1v) is 8.44. The number of rotatable bonds is 6. The van der Waals surface area contributed by atoms with Crippen LogP contribution in [0.2, 0.25) is 0 Å². The lowest BCUT2D eigenvalue weighted by Gasteiger charge is -2.12. The Morgan fingerprint density at radius 3 is 2.61 bits per heavy atom. The van der Waals surface area contributed by atoms with E-state index in [0.29, 0.717) is 28.1 Å². The molecule has 0 saturated heterocycles. The van der Waals surface area contributed by atoms with Gasteiger partial charge >= 0.3 is 0 Å². The number of methoxy groups -OCH3 is 2. The molecular formula is C20H19N3O5. The third-order valence-corrected chi connectivity index (χ3v) is 4.12. The fourth-order valence-electron chi connectivity index (χ4n) is 2.70. The Morgan fingerprint density at radius 2 is 1.86 bits per heavy atom. The normalized spacial score (nSPS) is 10.4. The van der Waals surface area contributed by atoms with Gasteiger partial charge in [-0.25, -0.2) is 0 Å². The molecule has 0 radical (unpaired) electrons. The molecule has 0 aliphatic carbocycles. The van der Waals surface area contributed by atoms with Gasteiger partial charge in [0.1, 0.15) is 17.1 Å². The third-order valence-electron chi connectivity index (χ3n) is 4.12. The van der Waals surface area contributed by atoms with E-state index in [1.54, 1.807) is 42.5 Å². The average molecular weight is 381 g/mol. The first-order chi connectivity index (χ1) is 13.5. The van der Waals surface area contributed by atoms with E-state index in [9.17, 15) is 14.4 Å². The zero-order valence-corrected chi connectivity index (χ0v) is 15.4. The molecule has 3 N–H and O–H groups in total. The minimum absolute atomic E-state index is 0.0644. The van der Waals surface area contributed by atoms with Gasteiger partial charge in [-0.15, -0.1) is 0 Å². The van der Waals surface area contributed by atoms with Gasteiger partial charge in [0.15, 0.2) is 0 Å². The largest absolute Gasteiger partial charge is 0.497 e. The maximum Gasteiger partial charge on any atom is 0.257 e. The van der Waals surface area contributed by atoms with Gasteiger partial charge in [0.05, 0.1) is 26.5 Å². The number of aromatic amines is 1. The lowest BCUT2D eigenvalue weighted by molar-refractivity contribution is -0.115. The molecule has 0 fully saturated rings. The molecular weight excluding hydrogens is 362 g/mol. The third kappa shape index (κ3) is 3.96. The zero-order valence-electron chi connectivity index (χ0n) is 15.4. The molecule has 144 valence electrons. The van der Waals surface area contributed by atoms with E-state index in [0.717, 1.165) is 0 Å². The van der Waals surface area contributed by atoms with Crippen LogP contribution in [-0.2, 0) is 4.79 Å². The number of carbonyl (C=O) groups is 2. The molecule has 2 amide bonds. The van der Waals surface area contributed by atoms with Gasteiger partial charge in [-0.2, -0.15) is 0 Å². The van der Waals surface area contributed by atoms with Crippen LogP contribution in [0, 0.1) is 0 Å². The summed E-state index contributed by atoms with van der Waals surface area (Å²) >= 11 is 0. The lowest BCUT2D eigenvalue weighted by Crippen LogP contribution is -2.35. The molecule has 0 aliphatic heterocycles. The van der Waals surface area contributed by atoms with Crippen molar-refractivity contribution in [3.05, 3.63) is 64.4 Å². The van der Waals surface area contributed by atoms with Crippen LogP contribution in [-0.4, -0.2) is 37.6 Å². The fourth-order valence-corrected chi connectivity index (χ4v) is 2.70. The predicted molar refractivity (Wildman–Crippen MR) is 105 cm³/mol. The first-order valence-electron chi connectivity index (χ1n) is 8.44. The van der Waals surface area contributed by atoms with Crippen LogP contribution >= 0.6 is 0 Å². The number of ether oxygens (including phenoxy) is 2. The molecule has 0 unspecified atom stereocenters. The summed E-state index contributed by atoms with van der Waals surface area (Å²) in [5.41, 5.74) is 0.573. The maximum atomic E-state index is 12.4. The maximum absolute atomic E-state index is 12.4. The highest BCUT2D eigenvalue weighted by Gasteiger charge is 2.15. The quantitative estimate of drug-likeness (QED) is 0.604. The number of hydrogen-bond donors (Lipinski definition) is 3. The number of para-hydroxylation sites is 1. The molecule has 1 heterocycles. The highest BCUT2D eigenvalue weighted by atomic mass is 16.5.